The van der Waals surface area contributed by atoms with Crippen LogP contribution in [0.2, 0.25) is 5.02 Å². The summed E-state index contributed by atoms with van der Waals surface area (Å²) in [5.41, 5.74) is -2.50. The van der Waals surface area contributed by atoms with Crippen molar-refractivity contribution in [2.24, 2.45) is 0 Å². The fourth-order valence-corrected chi connectivity index (χ4v) is 5.42. The summed E-state index contributed by atoms with van der Waals surface area (Å²) < 4.78 is 59.4. The highest BCUT2D eigenvalue weighted by atomic mass is 35.5. The quantitative estimate of drug-likeness (QED) is 0.0811. The fourth-order valence-electron chi connectivity index (χ4n) is 4.70. The van der Waals surface area contributed by atoms with Crippen molar-refractivity contribution < 1.29 is 41.8 Å². The number of carbonyl (C=O) groups is 3. The van der Waals surface area contributed by atoms with Gasteiger partial charge in [0.1, 0.15) is 18.2 Å². The number of alkyl halides is 3. The summed E-state index contributed by atoms with van der Waals surface area (Å²) in [5.74, 6) is -2.17. The van der Waals surface area contributed by atoms with Crippen molar-refractivity contribution in [3.8, 4) is 5.75 Å². The second-order valence-electron chi connectivity index (χ2n) is 10.2. The van der Waals surface area contributed by atoms with E-state index >= 15 is 0 Å². The smallest absolute Gasteiger partial charge is 0.446 e. The van der Waals surface area contributed by atoms with Gasteiger partial charge < -0.3 is 25.8 Å². The van der Waals surface area contributed by atoms with Gasteiger partial charge in [0.05, 0.1) is 23.4 Å². The van der Waals surface area contributed by atoms with Crippen LogP contribution >= 0.6 is 23.4 Å². The van der Waals surface area contributed by atoms with E-state index in [1.807, 2.05) is 0 Å². The number of carboxylic acid groups (broad SMARTS) is 1. The van der Waals surface area contributed by atoms with Crippen LogP contribution in [0.1, 0.15) is 21.5 Å². The van der Waals surface area contributed by atoms with Gasteiger partial charge in [0, 0.05) is 39.7 Å². The van der Waals surface area contributed by atoms with Crippen molar-refractivity contribution in [3.05, 3.63) is 119 Å². The minimum atomic E-state index is -4.40. The second kappa shape index (κ2) is 14.8. The molecule has 5 rings (SSSR count). The van der Waals surface area contributed by atoms with E-state index in [4.69, 9.17) is 21.4 Å². The standard InChI is InChI=1S/C33H25ClF4N4O5S/c34-21-7-12-29-25(13-21)28(17-42(29)31(45)24-4-2-1-3-20(24)15-39-16-30(43)44)41-32(46)40-27-11-8-22(14-26(27)35)47-18-19-5-9-23(10-6-19)48-33(36,37)38/h1-14,17,39H,15-16,18H2,(H,43,44)(H2,40,41,46). The van der Waals surface area contributed by atoms with Crippen LogP contribution in [0.4, 0.5) is 33.7 Å². The molecule has 5 aromatic rings. The lowest BCUT2D eigenvalue weighted by molar-refractivity contribution is -0.136. The molecule has 0 aliphatic rings. The Bertz CT molecular complexity index is 1990. The molecule has 0 aliphatic carbocycles. The Kier molecular flexibility index (Phi) is 10.6. The zero-order valence-electron chi connectivity index (χ0n) is 24.6. The van der Waals surface area contributed by atoms with Gasteiger partial charge in [-0.05, 0) is 71.4 Å². The molecule has 0 radical (unpaired) electrons. The Labute approximate surface area is 279 Å². The minimum Gasteiger partial charge on any atom is -0.489 e. The molecule has 0 saturated carbocycles. The van der Waals surface area contributed by atoms with Crippen molar-refractivity contribution in [1.82, 2.24) is 9.88 Å². The van der Waals surface area contributed by atoms with E-state index in [1.54, 1.807) is 42.5 Å². The van der Waals surface area contributed by atoms with E-state index < -0.39 is 29.2 Å². The topological polar surface area (TPSA) is 122 Å². The highest BCUT2D eigenvalue weighted by Gasteiger charge is 2.29. The SMILES string of the molecule is O=C(O)CNCc1ccccc1C(=O)n1cc(NC(=O)Nc2ccc(OCc3ccc(SC(F)(F)F)cc3)cc2F)c2cc(Cl)ccc21. The van der Waals surface area contributed by atoms with E-state index in [-0.39, 0.29) is 53.5 Å². The number of thioether (sulfide) groups is 1. The Balaban J connectivity index is 1.27. The summed E-state index contributed by atoms with van der Waals surface area (Å²) >= 11 is 5.99. The first-order valence-electron chi connectivity index (χ1n) is 14.1. The Morgan fingerprint density at radius 2 is 1.65 bits per heavy atom. The fraction of sp³-hybridized carbons (Fsp3) is 0.121. The Morgan fingerprint density at radius 3 is 2.35 bits per heavy atom. The van der Waals surface area contributed by atoms with Crippen LogP contribution in [0.5, 0.6) is 5.75 Å². The molecule has 0 fully saturated rings. The van der Waals surface area contributed by atoms with Crippen LogP contribution < -0.4 is 20.7 Å². The van der Waals surface area contributed by atoms with E-state index in [1.165, 1.54) is 47.2 Å². The molecule has 0 saturated heterocycles. The average molecular weight is 701 g/mol. The van der Waals surface area contributed by atoms with E-state index in [9.17, 15) is 31.9 Å². The number of fused-ring (bicyclic) bond motifs is 1. The average Bonchev–Trinajstić information content (AvgIpc) is 3.37. The van der Waals surface area contributed by atoms with Crippen LogP contribution in [0.15, 0.2) is 96.0 Å². The van der Waals surface area contributed by atoms with Crippen molar-refractivity contribution >= 4 is 63.5 Å². The van der Waals surface area contributed by atoms with Gasteiger partial charge in [0.2, 0.25) is 0 Å². The summed E-state index contributed by atoms with van der Waals surface area (Å²) in [4.78, 5) is 37.6. The van der Waals surface area contributed by atoms with E-state index in [0.29, 0.717) is 32.6 Å². The molecule has 4 N–H and O–H groups in total. The van der Waals surface area contributed by atoms with Crippen molar-refractivity contribution in [1.29, 1.82) is 0 Å². The Morgan fingerprint density at radius 1 is 0.917 bits per heavy atom. The molecule has 0 atom stereocenters. The predicted molar refractivity (Wildman–Crippen MR) is 174 cm³/mol. The summed E-state index contributed by atoms with van der Waals surface area (Å²) in [6, 6.07) is 20.0. The number of urea groups is 1. The summed E-state index contributed by atoms with van der Waals surface area (Å²) in [7, 11) is 0. The predicted octanol–water partition coefficient (Wildman–Crippen LogP) is 8.13. The lowest BCUT2D eigenvalue weighted by atomic mass is 10.1. The zero-order valence-corrected chi connectivity index (χ0v) is 26.2. The number of halogens is 5. The third-order valence-corrected chi connectivity index (χ3v) is 7.80. The van der Waals surface area contributed by atoms with Gasteiger partial charge in [-0.25, -0.2) is 9.18 Å². The number of carboxylic acids is 1. The first-order chi connectivity index (χ1) is 22.9. The molecular formula is C33H25ClF4N4O5S. The van der Waals surface area contributed by atoms with Crippen molar-refractivity contribution in [2.45, 2.75) is 23.6 Å². The molecule has 1 heterocycles. The van der Waals surface area contributed by atoms with Crippen molar-refractivity contribution in [2.75, 3.05) is 17.2 Å². The number of hydrogen-bond acceptors (Lipinski definition) is 6. The maximum atomic E-state index is 14.9. The number of anilines is 2. The minimum absolute atomic E-state index is 0.0260. The monoisotopic (exact) mass is 700 g/mol. The van der Waals surface area contributed by atoms with Gasteiger partial charge in [0.25, 0.3) is 5.91 Å². The second-order valence-corrected chi connectivity index (χ2v) is 11.8. The normalized spacial score (nSPS) is 11.4. The molecule has 2 amide bonds. The molecule has 0 bridgehead atoms. The number of hydrogen-bond donors (Lipinski definition) is 4. The highest BCUT2D eigenvalue weighted by Crippen LogP contribution is 2.37. The largest absolute Gasteiger partial charge is 0.489 e. The van der Waals surface area contributed by atoms with E-state index in [0.717, 1.165) is 6.07 Å². The third kappa shape index (κ3) is 8.85. The van der Waals surface area contributed by atoms with E-state index in [2.05, 4.69) is 16.0 Å². The number of aromatic nitrogens is 1. The maximum absolute atomic E-state index is 14.9. The van der Waals surface area contributed by atoms with Crippen LogP contribution in [-0.2, 0) is 17.9 Å². The maximum Gasteiger partial charge on any atom is 0.446 e. The molecule has 0 aliphatic heterocycles. The molecule has 4 aromatic carbocycles. The molecule has 0 spiro atoms. The molecular weight excluding hydrogens is 676 g/mol. The number of amides is 2. The third-order valence-electron chi connectivity index (χ3n) is 6.82. The lowest BCUT2D eigenvalue weighted by Crippen LogP contribution is -2.23. The van der Waals surface area contributed by atoms with Gasteiger partial charge in [-0.15, -0.1) is 0 Å². The Hall–Kier alpha value is -5.05. The van der Waals surface area contributed by atoms with Gasteiger partial charge >= 0.3 is 17.5 Å². The van der Waals surface area contributed by atoms with Crippen LogP contribution in [0, 0.1) is 5.82 Å². The van der Waals surface area contributed by atoms with Gasteiger partial charge in [-0.3, -0.25) is 14.2 Å². The lowest BCUT2D eigenvalue weighted by Gasteiger charge is -2.11. The number of nitrogens with one attached hydrogen (secondary N) is 3. The number of ether oxygens (including phenoxy) is 1. The first kappa shape index (κ1) is 34.3. The number of carbonyl (C=O) groups excluding carboxylic acids is 2. The molecule has 48 heavy (non-hydrogen) atoms. The molecule has 1 aromatic heterocycles. The van der Waals surface area contributed by atoms with Gasteiger partial charge in [0.15, 0.2) is 0 Å². The van der Waals surface area contributed by atoms with Crippen LogP contribution in [0.25, 0.3) is 10.9 Å². The summed E-state index contributed by atoms with van der Waals surface area (Å²) in [6.45, 7) is -0.199. The van der Waals surface area contributed by atoms with Gasteiger partial charge in [-0.1, -0.05) is 41.9 Å². The zero-order chi connectivity index (χ0) is 34.4. The van der Waals surface area contributed by atoms with Gasteiger partial charge in [-0.2, -0.15) is 13.2 Å². The number of aliphatic carboxylic acids is 1. The molecule has 15 heteroatoms. The highest BCUT2D eigenvalue weighted by molar-refractivity contribution is 8.00. The number of benzene rings is 4. The van der Waals surface area contributed by atoms with Crippen LogP contribution in [-0.4, -0.2) is 39.6 Å². The van der Waals surface area contributed by atoms with Crippen molar-refractivity contribution in [3.63, 3.8) is 0 Å². The summed E-state index contributed by atoms with van der Waals surface area (Å²) in [6.07, 6.45) is 1.41. The van der Waals surface area contributed by atoms with Crippen LogP contribution in [0.3, 0.4) is 0 Å². The molecule has 248 valence electrons. The number of rotatable bonds is 11. The summed E-state index contributed by atoms with van der Waals surface area (Å²) in [5, 5.41) is 17.5. The first-order valence-corrected chi connectivity index (χ1v) is 15.3. The molecule has 0 unspecified atom stereocenters. The molecule has 9 nitrogen and oxygen atoms in total. The number of nitrogens with zero attached hydrogens (tertiary/aromatic N) is 1.